The van der Waals surface area contributed by atoms with Crippen molar-refractivity contribution in [2.75, 3.05) is 13.1 Å². The summed E-state index contributed by atoms with van der Waals surface area (Å²) in [5, 5.41) is 4.23. The summed E-state index contributed by atoms with van der Waals surface area (Å²) in [6.45, 7) is 6.50. The van der Waals surface area contributed by atoms with Gasteiger partial charge >= 0.3 is 0 Å². The van der Waals surface area contributed by atoms with E-state index < -0.39 is 0 Å². The molecule has 14 heavy (non-hydrogen) atoms. The topological polar surface area (TPSA) is 12.0 Å². The van der Waals surface area contributed by atoms with Crippen LogP contribution in [0.15, 0.2) is 24.3 Å². The third-order valence-electron chi connectivity index (χ3n) is 2.30. The Labute approximate surface area is 91.5 Å². The Morgan fingerprint density at radius 3 is 2.86 bits per heavy atom. The first-order chi connectivity index (χ1) is 6.74. The van der Waals surface area contributed by atoms with E-state index in [2.05, 4.69) is 25.2 Å². The highest BCUT2D eigenvalue weighted by Crippen LogP contribution is 2.18. The normalized spacial score (nSPS) is 12.8. The van der Waals surface area contributed by atoms with Gasteiger partial charge in [-0.1, -0.05) is 37.6 Å². The lowest BCUT2D eigenvalue weighted by Crippen LogP contribution is -2.20. The molecular weight excluding hydrogens is 194 g/mol. The number of hydrogen-bond acceptors (Lipinski definition) is 1. The molecule has 1 aromatic carbocycles. The molecule has 1 rings (SSSR count). The molecule has 0 aromatic heterocycles. The van der Waals surface area contributed by atoms with Crippen molar-refractivity contribution in [1.82, 2.24) is 5.32 Å². The molecule has 0 amide bonds. The molecule has 1 nitrogen and oxygen atoms in total. The van der Waals surface area contributed by atoms with Gasteiger partial charge in [-0.05, 0) is 36.6 Å². The van der Waals surface area contributed by atoms with Crippen LogP contribution in [0.5, 0.6) is 0 Å². The lowest BCUT2D eigenvalue weighted by atomic mass is 10.0. The summed E-state index contributed by atoms with van der Waals surface area (Å²) in [7, 11) is 0. The van der Waals surface area contributed by atoms with Crippen LogP contribution in [0.3, 0.4) is 0 Å². The minimum Gasteiger partial charge on any atom is -0.316 e. The van der Waals surface area contributed by atoms with Gasteiger partial charge in [0.25, 0.3) is 0 Å². The molecule has 0 bridgehead atoms. The van der Waals surface area contributed by atoms with Gasteiger partial charge in [0.2, 0.25) is 0 Å². The Morgan fingerprint density at radius 1 is 1.43 bits per heavy atom. The molecule has 1 N–H and O–H groups in total. The third-order valence-corrected chi connectivity index (χ3v) is 2.53. The summed E-state index contributed by atoms with van der Waals surface area (Å²) in [4.78, 5) is 0. The zero-order valence-corrected chi connectivity index (χ0v) is 9.64. The average molecular weight is 212 g/mol. The van der Waals surface area contributed by atoms with E-state index in [9.17, 15) is 0 Å². The number of benzene rings is 1. The predicted octanol–water partition coefficient (Wildman–Crippen LogP) is 3.44. The Hall–Kier alpha value is -0.530. The van der Waals surface area contributed by atoms with Gasteiger partial charge in [0.1, 0.15) is 0 Å². The van der Waals surface area contributed by atoms with Crippen molar-refractivity contribution in [3.63, 3.8) is 0 Å². The summed E-state index contributed by atoms with van der Waals surface area (Å²) in [6, 6.07) is 8.09. The highest BCUT2D eigenvalue weighted by atomic mass is 35.5. The van der Waals surface area contributed by atoms with Crippen LogP contribution >= 0.6 is 11.6 Å². The van der Waals surface area contributed by atoms with Crippen LogP contribution in [0, 0.1) is 0 Å². The molecule has 1 unspecified atom stereocenters. The monoisotopic (exact) mass is 211 g/mol. The van der Waals surface area contributed by atoms with E-state index in [-0.39, 0.29) is 0 Å². The van der Waals surface area contributed by atoms with Gasteiger partial charge in [-0.15, -0.1) is 0 Å². The van der Waals surface area contributed by atoms with Crippen molar-refractivity contribution in [1.29, 1.82) is 0 Å². The summed E-state index contributed by atoms with van der Waals surface area (Å²) in [5.74, 6) is 0.528. The molecule has 0 spiro atoms. The van der Waals surface area contributed by atoms with Crippen molar-refractivity contribution in [2.45, 2.75) is 26.2 Å². The molecule has 0 radical (unpaired) electrons. The van der Waals surface area contributed by atoms with Gasteiger partial charge in [-0.2, -0.15) is 0 Å². The average Bonchev–Trinajstić information content (AvgIpc) is 2.18. The molecule has 1 aromatic rings. The first-order valence-electron chi connectivity index (χ1n) is 5.20. The molecule has 1 atom stereocenters. The first-order valence-corrected chi connectivity index (χ1v) is 5.58. The minimum absolute atomic E-state index is 0.528. The molecule has 78 valence electrons. The Bertz CT molecular complexity index is 273. The number of nitrogens with one attached hydrogen (secondary N) is 1. The SMILES string of the molecule is CCCNCC(C)c1cccc(Cl)c1. The Morgan fingerprint density at radius 2 is 2.21 bits per heavy atom. The van der Waals surface area contributed by atoms with Crippen LogP contribution in [0.4, 0.5) is 0 Å². The van der Waals surface area contributed by atoms with Crippen LogP contribution in [0.2, 0.25) is 5.02 Å². The molecular formula is C12H18ClN. The van der Waals surface area contributed by atoms with Crippen molar-refractivity contribution < 1.29 is 0 Å². The maximum absolute atomic E-state index is 5.93. The zero-order chi connectivity index (χ0) is 10.4. The highest BCUT2D eigenvalue weighted by Gasteiger charge is 2.04. The predicted molar refractivity (Wildman–Crippen MR) is 63.0 cm³/mol. The van der Waals surface area contributed by atoms with Crippen molar-refractivity contribution >= 4 is 11.6 Å². The van der Waals surface area contributed by atoms with Crippen molar-refractivity contribution in [3.05, 3.63) is 34.9 Å². The smallest absolute Gasteiger partial charge is 0.0408 e. The quantitative estimate of drug-likeness (QED) is 0.736. The van der Waals surface area contributed by atoms with E-state index in [1.54, 1.807) is 0 Å². The van der Waals surface area contributed by atoms with Gasteiger partial charge in [0, 0.05) is 11.6 Å². The van der Waals surface area contributed by atoms with Gasteiger partial charge < -0.3 is 5.32 Å². The van der Waals surface area contributed by atoms with Gasteiger partial charge in [-0.25, -0.2) is 0 Å². The molecule has 0 saturated heterocycles. The number of rotatable bonds is 5. The second-order valence-corrected chi connectivity index (χ2v) is 4.10. The standard InChI is InChI=1S/C12H18ClN/c1-3-7-14-9-10(2)11-5-4-6-12(13)8-11/h4-6,8,10,14H,3,7,9H2,1-2H3. The third kappa shape index (κ3) is 3.69. The van der Waals surface area contributed by atoms with E-state index in [0.717, 1.165) is 18.1 Å². The molecule has 0 aliphatic carbocycles. The summed E-state index contributed by atoms with van der Waals surface area (Å²) < 4.78 is 0. The largest absolute Gasteiger partial charge is 0.316 e. The lowest BCUT2D eigenvalue weighted by molar-refractivity contribution is 0.609. The van der Waals surface area contributed by atoms with Crippen LogP contribution in [0.1, 0.15) is 31.7 Å². The van der Waals surface area contributed by atoms with Crippen molar-refractivity contribution in [2.24, 2.45) is 0 Å². The van der Waals surface area contributed by atoms with E-state index in [1.165, 1.54) is 12.0 Å². The van der Waals surface area contributed by atoms with Gasteiger partial charge in [0.15, 0.2) is 0 Å². The Balaban J connectivity index is 2.47. The molecule has 2 heteroatoms. The second-order valence-electron chi connectivity index (χ2n) is 3.66. The van der Waals surface area contributed by atoms with Crippen LogP contribution in [0.25, 0.3) is 0 Å². The fraction of sp³-hybridized carbons (Fsp3) is 0.500. The fourth-order valence-corrected chi connectivity index (χ4v) is 1.63. The van der Waals surface area contributed by atoms with Crippen LogP contribution in [-0.2, 0) is 0 Å². The van der Waals surface area contributed by atoms with Gasteiger partial charge in [0.05, 0.1) is 0 Å². The van der Waals surface area contributed by atoms with E-state index in [0.29, 0.717) is 5.92 Å². The lowest BCUT2D eigenvalue weighted by Gasteiger charge is -2.12. The number of halogens is 1. The maximum Gasteiger partial charge on any atom is 0.0408 e. The fourth-order valence-electron chi connectivity index (χ4n) is 1.43. The van der Waals surface area contributed by atoms with Gasteiger partial charge in [-0.3, -0.25) is 0 Å². The van der Waals surface area contributed by atoms with Crippen LogP contribution in [-0.4, -0.2) is 13.1 Å². The molecule has 0 fully saturated rings. The van der Waals surface area contributed by atoms with E-state index in [4.69, 9.17) is 11.6 Å². The van der Waals surface area contributed by atoms with E-state index >= 15 is 0 Å². The number of hydrogen-bond donors (Lipinski definition) is 1. The molecule has 0 aliphatic heterocycles. The van der Waals surface area contributed by atoms with Crippen molar-refractivity contribution in [3.8, 4) is 0 Å². The minimum atomic E-state index is 0.528. The first kappa shape index (κ1) is 11.5. The summed E-state index contributed by atoms with van der Waals surface area (Å²) in [5.41, 5.74) is 1.31. The summed E-state index contributed by atoms with van der Waals surface area (Å²) >= 11 is 5.93. The van der Waals surface area contributed by atoms with E-state index in [1.807, 2.05) is 18.2 Å². The Kier molecular flexibility index (Phi) is 4.99. The molecule has 0 heterocycles. The maximum atomic E-state index is 5.93. The van der Waals surface area contributed by atoms with Crippen LogP contribution < -0.4 is 5.32 Å². The molecule has 0 saturated carbocycles. The highest BCUT2D eigenvalue weighted by molar-refractivity contribution is 6.30. The zero-order valence-electron chi connectivity index (χ0n) is 8.89. The summed E-state index contributed by atoms with van der Waals surface area (Å²) in [6.07, 6.45) is 1.18. The second kappa shape index (κ2) is 6.05. The molecule has 0 aliphatic rings.